The Balaban J connectivity index is 1.43. The van der Waals surface area contributed by atoms with Gasteiger partial charge in [-0.1, -0.05) is 24.3 Å². The van der Waals surface area contributed by atoms with Gasteiger partial charge in [0, 0.05) is 42.9 Å². The Morgan fingerprint density at radius 1 is 1.12 bits per heavy atom. The van der Waals surface area contributed by atoms with Gasteiger partial charge in [0.25, 0.3) is 5.91 Å². The second-order valence-electron chi connectivity index (χ2n) is 8.19. The molecule has 3 heterocycles. The van der Waals surface area contributed by atoms with E-state index < -0.39 is 11.9 Å². The van der Waals surface area contributed by atoms with Gasteiger partial charge < -0.3 is 14.6 Å². The minimum absolute atomic E-state index is 0.0341. The molecule has 3 aromatic rings. The molecule has 32 heavy (non-hydrogen) atoms. The number of imide groups is 1. The molecule has 0 saturated carbocycles. The van der Waals surface area contributed by atoms with Gasteiger partial charge in [-0.2, -0.15) is 0 Å². The molecular weight excluding hydrogens is 408 g/mol. The highest BCUT2D eigenvalue weighted by Crippen LogP contribution is 2.32. The number of hydrogen-bond acceptors (Lipinski definition) is 5. The van der Waals surface area contributed by atoms with E-state index in [1.807, 2.05) is 54.2 Å². The molecule has 3 amide bonds. The van der Waals surface area contributed by atoms with Crippen molar-refractivity contribution in [1.82, 2.24) is 19.8 Å². The fourth-order valence-corrected chi connectivity index (χ4v) is 4.42. The Morgan fingerprint density at radius 2 is 1.97 bits per heavy atom. The standard InChI is InChI=1S/C24H22N4O4/c1-27-12-19(25-22(27)16-4-2-3-14(9-16)13-29)15-5-6-18-17(10-15)11-28(24(18)32)20-7-8-21(30)26-23(20)31/h2-6,9-10,12,20,29H,7-8,11,13H2,1H3,(H,26,30,31). The predicted molar refractivity (Wildman–Crippen MR) is 116 cm³/mol. The molecule has 0 radical (unpaired) electrons. The molecular formula is C24H22N4O4. The van der Waals surface area contributed by atoms with Crippen LogP contribution in [0.3, 0.4) is 0 Å². The van der Waals surface area contributed by atoms with Crippen LogP contribution in [0.1, 0.15) is 34.3 Å². The molecule has 1 aromatic heterocycles. The van der Waals surface area contributed by atoms with Gasteiger partial charge in [0.2, 0.25) is 11.8 Å². The number of aryl methyl sites for hydroxylation is 1. The summed E-state index contributed by atoms with van der Waals surface area (Å²) >= 11 is 0. The zero-order chi connectivity index (χ0) is 22.4. The number of fused-ring (bicyclic) bond motifs is 1. The molecule has 5 rings (SSSR count). The van der Waals surface area contributed by atoms with Crippen LogP contribution in [0.25, 0.3) is 22.6 Å². The number of nitrogens with zero attached hydrogens (tertiary/aromatic N) is 3. The van der Waals surface area contributed by atoms with Gasteiger partial charge in [0.15, 0.2) is 0 Å². The van der Waals surface area contributed by atoms with Crippen LogP contribution in [0.15, 0.2) is 48.7 Å². The van der Waals surface area contributed by atoms with Crippen LogP contribution in [0.4, 0.5) is 0 Å². The van der Waals surface area contributed by atoms with E-state index in [0.717, 1.165) is 33.8 Å². The minimum atomic E-state index is -0.628. The highest BCUT2D eigenvalue weighted by molar-refractivity contribution is 6.05. The number of rotatable bonds is 4. The minimum Gasteiger partial charge on any atom is -0.392 e. The van der Waals surface area contributed by atoms with Gasteiger partial charge in [-0.15, -0.1) is 0 Å². The number of amides is 3. The molecule has 1 atom stereocenters. The second-order valence-corrected chi connectivity index (χ2v) is 8.19. The third kappa shape index (κ3) is 3.38. The molecule has 2 aliphatic heterocycles. The van der Waals surface area contributed by atoms with E-state index in [0.29, 0.717) is 18.5 Å². The Bertz CT molecular complexity index is 1260. The molecule has 1 saturated heterocycles. The first kappa shape index (κ1) is 20.1. The lowest BCUT2D eigenvalue weighted by Crippen LogP contribution is -2.52. The molecule has 0 aliphatic carbocycles. The normalized spacial score (nSPS) is 18.1. The SMILES string of the molecule is Cn1cc(-c2ccc3c(c2)CN(C2CCC(=O)NC2=O)C3=O)nc1-c1cccc(CO)c1. The highest BCUT2D eigenvalue weighted by Gasteiger charge is 2.39. The molecule has 2 aliphatic rings. The number of aliphatic hydroxyl groups is 1. The van der Waals surface area contributed by atoms with E-state index in [2.05, 4.69) is 5.32 Å². The smallest absolute Gasteiger partial charge is 0.255 e. The van der Waals surface area contributed by atoms with Crippen molar-refractivity contribution in [3.05, 3.63) is 65.4 Å². The zero-order valence-electron chi connectivity index (χ0n) is 17.5. The van der Waals surface area contributed by atoms with Crippen LogP contribution in [0.5, 0.6) is 0 Å². The topological polar surface area (TPSA) is 105 Å². The maximum absolute atomic E-state index is 12.9. The first-order chi connectivity index (χ1) is 15.4. The number of aromatic nitrogens is 2. The van der Waals surface area contributed by atoms with Gasteiger partial charge in [-0.25, -0.2) is 4.98 Å². The van der Waals surface area contributed by atoms with Gasteiger partial charge in [0.05, 0.1) is 12.3 Å². The third-order valence-corrected chi connectivity index (χ3v) is 6.06. The number of nitrogens with one attached hydrogen (secondary N) is 1. The average molecular weight is 430 g/mol. The van der Waals surface area contributed by atoms with E-state index >= 15 is 0 Å². The van der Waals surface area contributed by atoms with Gasteiger partial charge in [0.1, 0.15) is 11.9 Å². The number of carbonyl (C=O) groups is 3. The summed E-state index contributed by atoms with van der Waals surface area (Å²) in [5, 5.41) is 11.7. The Labute approximate surface area is 184 Å². The summed E-state index contributed by atoms with van der Waals surface area (Å²) < 4.78 is 1.93. The number of imidazole rings is 1. The molecule has 1 unspecified atom stereocenters. The van der Waals surface area contributed by atoms with E-state index in [-0.39, 0.29) is 24.8 Å². The fourth-order valence-electron chi connectivity index (χ4n) is 4.42. The van der Waals surface area contributed by atoms with Crippen molar-refractivity contribution in [3.8, 4) is 22.6 Å². The van der Waals surface area contributed by atoms with Crippen LogP contribution >= 0.6 is 0 Å². The second kappa shape index (κ2) is 7.72. The van der Waals surface area contributed by atoms with Crippen molar-refractivity contribution in [1.29, 1.82) is 0 Å². The van der Waals surface area contributed by atoms with Crippen molar-refractivity contribution in [2.45, 2.75) is 32.0 Å². The van der Waals surface area contributed by atoms with Crippen molar-refractivity contribution in [2.75, 3.05) is 0 Å². The largest absolute Gasteiger partial charge is 0.392 e. The molecule has 162 valence electrons. The summed E-state index contributed by atoms with van der Waals surface area (Å²) in [5.41, 5.74) is 4.78. The number of piperidine rings is 1. The van der Waals surface area contributed by atoms with Crippen molar-refractivity contribution in [2.24, 2.45) is 7.05 Å². The third-order valence-electron chi connectivity index (χ3n) is 6.06. The van der Waals surface area contributed by atoms with Crippen LogP contribution < -0.4 is 5.32 Å². The molecule has 2 N–H and O–H groups in total. The molecule has 2 aromatic carbocycles. The predicted octanol–water partition coefficient (Wildman–Crippen LogP) is 2.01. The number of carbonyl (C=O) groups excluding carboxylic acids is 3. The Hall–Kier alpha value is -3.78. The maximum Gasteiger partial charge on any atom is 0.255 e. The lowest BCUT2D eigenvalue weighted by atomic mass is 10.0. The Morgan fingerprint density at radius 3 is 2.75 bits per heavy atom. The van der Waals surface area contributed by atoms with Gasteiger partial charge in [-0.3, -0.25) is 19.7 Å². The first-order valence-corrected chi connectivity index (χ1v) is 10.5. The molecule has 0 bridgehead atoms. The monoisotopic (exact) mass is 430 g/mol. The number of hydrogen-bond donors (Lipinski definition) is 2. The van der Waals surface area contributed by atoms with Crippen molar-refractivity contribution in [3.63, 3.8) is 0 Å². The summed E-state index contributed by atoms with van der Waals surface area (Å²) in [5.74, 6) is -0.129. The van der Waals surface area contributed by atoms with E-state index in [4.69, 9.17) is 4.98 Å². The highest BCUT2D eigenvalue weighted by atomic mass is 16.3. The van der Waals surface area contributed by atoms with E-state index in [1.54, 1.807) is 11.0 Å². The van der Waals surface area contributed by atoms with Gasteiger partial charge in [-0.05, 0) is 35.7 Å². The van der Waals surface area contributed by atoms with Crippen molar-refractivity contribution >= 4 is 17.7 Å². The summed E-state index contributed by atoms with van der Waals surface area (Å²) in [6.45, 7) is 0.292. The molecule has 1 fully saturated rings. The molecule has 8 heteroatoms. The zero-order valence-corrected chi connectivity index (χ0v) is 17.5. The van der Waals surface area contributed by atoms with Crippen molar-refractivity contribution < 1.29 is 19.5 Å². The summed E-state index contributed by atoms with van der Waals surface area (Å²) in [6, 6.07) is 12.6. The summed E-state index contributed by atoms with van der Waals surface area (Å²) in [6.07, 6.45) is 2.50. The van der Waals surface area contributed by atoms with E-state index in [1.165, 1.54) is 0 Å². The summed E-state index contributed by atoms with van der Waals surface area (Å²) in [4.78, 5) is 42.9. The summed E-state index contributed by atoms with van der Waals surface area (Å²) in [7, 11) is 1.92. The maximum atomic E-state index is 12.9. The van der Waals surface area contributed by atoms with Crippen LogP contribution in [-0.2, 0) is 29.8 Å². The first-order valence-electron chi connectivity index (χ1n) is 10.5. The average Bonchev–Trinajstić information content (AvgIpc) is 3.33. The Kier molecular flexibility index (Phi) is 4.86. The number of aliphatic hydroxyl groups excluding tert-OH is 1. The number of benzene rings is 2. The van der Waals surface area contributed by atoms with E-state index in [9.17, 15) is 19.5 Å². The molecule has 8 nitrogen and oxygen atoms in total. The lowest BCUT2D eigenvalue weighted by Gasteiger charge is -2.29. The quantitative estimate of drug-likeness (QED) is 0.616. The van der Waals surface area contributed by atoms with Crippen LogP contribution in [0, 0.1) is 0 Å². The lowest BCUT2D eigenvalue weighted by molar-refractivity contribution is -0.136. The molecule has 0 spiro atoms. The van der Waals surface area contributed by atoms with Crippen LogP contribution in [0.2, 0.25) is 0 Å². The van der Waals surface area contributed by atoms with Crippen LogP contribution in [-0.4, -0.2) is 43.3 Å². The van der Waals surface area contributed by atoms with Gasteiger partial charge >= 0.3 is 0 Å². The fraction of sp³-hybridized carbons (Fsp3) is 0.250.